The third kappa shape index (κ3) is 3.64. The molecule has 0 aliphatic carbocycles. The van der Waals surface area contributed by atoms with Crippen LogP contribution >= 0.6 is 11.6 Å². The van der Waals surface area contributed by atoms with E-state index in [0.717, 1.165) is 32.7 Å². The Morgan fingerprint density at radius 2 is 1.82 bits per heavy atom. The van der Waals surface area contributed by atoms with E-state index in [1.165, 1.54) is 5.56 Å². The number of aromatic nitrogens is 1. The Bertz CT molecular complexity index is 622. The average molecular weight is 316 g/mol. The molecule has 1 aromatic carbocycles. The molecule has 5 heteroatoms. The second-order valence-electron chi connectivity index (χ2n) is 5.44. The average Bonchev–Trinajstić information content (AvgIpc) is 2.57. The number of carbonyl (C=O) groups is 1. The lowest BCUT2D eigenvalue weighted by Crippen LogP contribution is -2.48. The minimum Gasteiger partial charge on any atom is -0.336 e. The van der Waals surface area contributed by atoms with Crippen LogP contribution in [0.25, 0.3) is 0 Å². The molecule has 0 bridgehead atoms. The van der Waals surface area contributed by atoms with Gasteiger partial charge >= 0.3 is 0 Å². The Labute approximate surface area is 135 Å². The molecule has 3 rings (SSSR count). The summed E-state index contributed by atoms with van der Waals surface area (Å²) in [6.45, 7) is 4.16. The summed E-state index contributed by atoms with van der Waals surface area (Å²) in [6.07, 6.45) is 3.68. The molecule has 0 N–H and O–H groups in total. The molecule has 0 saturated carbocycles. The van der Waals surface area contributed by atoms with Gasteiger partial charge in [0, 0.05) is 55.7 Å². The first-order chi connectivity index (χ1) is 10.7. The van der Waals surface area contributed by atoms with Crippen molar-refractivity contribution in [2.24, 2.45) is 0 Å². The summed E-state index contributed by atoms with van der Waals surface area (Å²) in [5.74, 6) is 0.0812. The van der Waals surface area contributed by atoms with Crippen LogP contribution in [-0.4, -0.2) is 46.9 Å². The molecule has 0 unspecified atom stereocenters. The standard InChI is InChI=1S/C17H18ClN3O/c18-16-5-3-15(4-6-16)17(22)21-10-8-20(9-11-21)13-14-2-1-7-19-12-14/h1-7,12H,8-11,13H2. The summed E-state index contributed by atoms with van der Waals surface area (Å²) in [7, 11) is 0. The highest BCUT2D eigenvalue weighted by Crippen LogP contribution is 2.14. The molecule has 114 valence electrons. The lowest BCUT2D eigenvalue weighted by Gasteiger charge is -2.34. The number of benzene rings is 1. The number of hydrogen-bond acceptors (Lipinski definition) is 3. The maximum atomic E-state index is 12.4. The predicted molar refractivity (Wildman–Crippen MR) is 86.9 cm³/mol. The predicted octanol–water partition coefficient (Wildman–Crippen LogP) is 2.69. The minimum atomic E-state index is 0.0812. The second kappa shape index (κ2) is 6.90. The number of nitrogens with zero attached hydrogens (tertiary/aromatic N) is 3. The molecule has 0 atom stereocenters. The van der Waals surface area contributed by atoms with E-state index >= 15 is 0 Å². The summed E-state index contributed by atoms with van der Waals surface area (Å²) in [5.41, 5.74) is 1.91. The highest BCUT2D eigenvalue weighted by atomic mass is 35.5. The van der Waals surface area contributed by atoms with Crippen LogP contribution in [-0.2, 0) is 6.54 Å². The van der Waals surface area contributed by atoms with Crippen LogP contribution < -0.4 is 0 Å². The van der Waals surface area contributed by atoms with Gasteiger partial charge in [0.15, 0.2) is 0 Å². The van der Waals surface area contributed by atoms with Crippen LogP contribution in [0.5, 0.6) is 0 Å². The van der Waals surface area contributed by atoms with E-state index in [4.69, 9.17) is 11.6 Å². The van der Waals surface area contributed by atoms with Crippen molar-refractivity contribution < 1.29 is 4.79 Å². The van der Waals surface area contributed by atoms with Crippen LogP contribution in [0.3, 0.4) is 0 Å². The SMILES string of the molecule is O=C(c1ccc(Cl)cc1)N1CCN(Cc2cccnc2)CC1. The molecule has 4 nitrogen and oxygen atoms in total. The van der Waals surface area contributed by atoms with Gasteiger partial charge in [0.2, 0.25) is 0 Å². The quantitative estimate of drug-likeness (QED) is 0.874. The zero-order valence-electron chi connectivity index (χ0n) is 12.3. The molecule has 0 radical (unpaired) electrons. The van der Waals surface area contributed by atoms with E-state index in [0.29, 0.717) is 10.6 Å². The van der Waals surface area contributed by atoms with Crippen molar-refractivity contribution in [2.75, 3.05) is 26.2 Å². The van der Waals surface area contributed by atoms with Gasteiger partial charge in [-0.15, -0.1) is 0 Å². The van der Waals surface area contributed by atoms with Crippen molar-refractivity contribution in [3.8, 4) is 0 Å². The van der Waals surface area contributed by atoms with Gasteiger partial charge in [0.25, 0.3) is 5.91 Å². The van der Waals surface area contributed by atoms with Crippen molar-refractivity contribution >= 4 is 17.5 Å². The summed E-state index contributed by atoms with van der Waals surface area (Å²) < 4.78 is 0. The van der Waals surface area contributed by atoms with E-state index < -0.39 is 0 Å². The molecule has 2 heterocycles. The van der Waals surface area contributed by atoms with Gasteiger partial charge in [-0.25, -0.2) is 0 Å². The fourth-order valence-electron chi connectivity index (χ4n) is 2.63. The molecule has 1 aliphatic rings. The van der Waals surface area contributed by atoms with E-state index in [1.54, 1.807) is 30.5 Å². The van der Waals surface area contributed by atoms with Gasteiger partial charge in [0.05, 0.1) is 0 Å². The summed E-state index contributed by atoms with van der Waals surface area (Å²) in [6, 6.07) is 11.1. The Kier molecular flexibility index (Phi) is 4.71. The third-order valence-corrected chi connectivity index (χ3v) is 4.13. The van der Waals surface area contributed by atoms with Crippen molar-refractivity contribution in [1.29, 1.82) is 0 Å². The lowest BCUT2D eigenvalue weighted by molar-refractivity contribution is 0.0628. The fraction of sp³-hybridized carbons (Fsp3) is 0.294. The second-order valence-corrected chi connectivity index (χ2v) is 5.87. The van der Waals surface area contributed by atoms with Gasteiger partial charge in [-0.2, -0.15) is 0 Å². The number of hydrogen-bond donors (Lipinski definition) is 0. The molecule has 2 aromatic rings. The van der Waals surface area contributed by atoms with Crippen LogP contribution in [0.2, 0.25) is 5.02 Å². The van der Waals surface area contributed by atoms with Crippen LogP contribution in [0.1, 0.15) is 15.9 Å². The first kappa shape index (κ1) is 15.0. The van der Waals surface area contributed by atoms with Gasteiger partial charge in [-0.1, -0.05) is 17.7 Å². The fourth-order valence-corrected chi connectivity index (χ4v) is 2.76. The normalized spacial score (nSPS) is 15.8. The molecule has 1 saturated heterocycles. The summed E-state index contributed by atoms with van der Waals surface area (Å²) in [4.78, 5) is 20.8. The Hall–Kier alpha value is -1.91. The van der Waals surface area contributed by atoms with E-state index in [9.17, 15) is 4.79 Å². The number of pyridine rings is 1. The number of carbonyl (C=O) groups excluding carboxylic acids is 1. The number of halogens is 1. The van der Waals surface area contributed by atoms with Gasteiger partial charge in [-0.05, 0) is 35.9 Å². The molecule has 1 aromatic heterocycles. The van der Waals surface area contributed by atoms with E-state index in [1.807, 2.05) is 17.2 Å². The lowest BCUT2D eigenvalue weighted by atomic mass is 10.1. The van der Waals surface area contributed by atoms with Crippen molar-refractivity contribution in [3.05, 3.63) is 64.9 Å². The van der Waals surface area contributed by atoms with Crippen LogP contribution in [0, 0.1) is 0 Å². The number of rotatable bonds is 3. The Morgan fingerprint density at radius 1 is 1.09 bits per heavy atom. The number of amides is 1. The molecule has 22 heavy (non-hydrogen) atoms. The molecular formula is C17H18ClN3O. The van der Waals surface area contributed by atoms with E-state index in [2.05, 4.69) is 16.0 Å². The van der Waals surface area contributed by atoms with Gasteiger partial charge in [0.1, 0.15) is 0 Å². The number of piperazine rings is 1. The Balaban J connectivity index is 1.55. The van der Waals surface area contributed by atoms with Crippen molar-refractivity contribution in [3.63, 3.8) is 0 Å². The monoisotopic (exact) mass is 315 g/mol. The smallest absolute Gasteiger partial charge is 0.253 e. The third-order valence-electron chi connectivity index (χ3n) is 3.88. The highest BCUT2D eigenvalue weighted by Gasteiger charge is 2.22. The zero-order chi connectivity index (χ0) is 15.4. The van der Waals surface area contributed by atoms with Crippen LogP contribution in [0.15, 0.2) is 48.8 Å². The van der Waals surface area contributed by atoms with Gasteiger partial charge < -0.3 is 4.90 Å². The topological polar surface area (TPSA) is 36.4 Å². The molecule has 0 spiro atoms. The van der Waals surface area contributed by atoms with E-state index in [-0.39, 0.29) is 5.91 Å². The first-order valence-electron chi connectivity index (χ1n) is 7.38. The van der Waals surface area contributed by atoms with Crippen LogP contribution in [0.4, 0.5) is 0 Å². The molecule has 1 aliphatic heterocycles. The maximum absolute atomic E-state index is 12.4. The summed E-state index contributed by atoms with van der Waals surface area (Å²) >= 11 is 5.86. The largest absolute Gasteiger partial charge is 0.336 e. The molecule has 1 fully saturated rings. The highest BCUT2D eigenvalue weighted by molar-refractivity contribution is 6.30. The molecule has 1 amide bonds. The minimum absolute atomic E-state index is 0.0812. The maximum Gasteiger partial charge on any atom is 0.253 e. The van der Waals surface area contributed by atoms with Crippen molar-refractivity contribution in [2.45, 2.75) is 6.54 Å². The zero-order valence-corrected chi connectivity index (χ0v) is 13.0. The summed E-state index contributed by atoms with van der Waals surface area (Å²) in [5, 5.41) is 0.651. The first-order valence-corrected chi connectivity index (χ1v) is 7.76. The van der Waals surface area contributed by atoms with Gasteiger partial charge in [-0.3, -0.25) is 14.7 Å². The molecular weight excluding hydrogens is 298 g/mol. The van der Waals surface area contributed by atoms with Crippen molar-refractivity contribution in [1.82, 2.24) is 14.8 Å². The Morgan fingerprint density at radius 3 is 2.45 bits per heavy atom.